The van der Waals surface area contributed by atoms with Crippen LogP contribution in [0.5, 0.6) is 0 Å². The quantitative estimate of drug-likeness (QED) is 0.427. The van der Waals surface area contributed by atoms with E-state index in [9.17, 15) is 9.59 Å². The zero-order chi connectivity index (χ0) is 7.98. The molecule has 0 unspecified atom stereocenters. The molecule has 0 atom stereocenters. The lowest BCUT2D eigenvalue weighted by atomic mass is 11.4. The Bertz CT molecular complexity index is 127. The molecule has 0 radical (unpaired) electrons. The average molecular weight is 154 g/mol. The smallest absolute Gasteiger partial charge is 0.448 e. The lowest BCUT2D eigenvalue weighted by Gasteiger charge is -1.93. The van der Waals surface area contributed by atoms with Gasteiger partial charge in [-0.25, -0.2) is 14.6 Å². The summed E-state index contributed by atoms with van der Waals surface area (Å²) in [4.78, 5) is 28.5. The van der Waals surface area contributed by atoms with Crippen LogP contribution in [0.3, 0.4) is 0 Å². The first-order valence-corrected chi connectivity index (χ1v) is 1.76. The zero-order valence-corrected chi connectivity index (χ0v) is 4.34. The van der Waals surface area contributed by atoms with Crippen LogP contribution in [0.15, 0.2) is 0 Å². The maximum atomic E-state index is 9.70. The molecule has 0 aliphatic heterocycles. The second-order valence-corrected chi connectivity index (χ2v) is 0.842. The maximum absolute atomic E-state index is 9.70. The van der Waals surface area contributed by atoms with E-state index < -0.39 is 12.3 Å². The Labute approximate surface area is 53.3 Å². The minimum Gasteiger partial charge on any atom is -0.448 e. The van der Waals surface area contributed by atoms with Crippen molar-refractivity contribution in [3.8, 4) is 0 Å². The second kappa shape index (κ2) is 4.35. The number of hydrogen-bond donors (Lipinski definition) is 2. The highest BCUT2D eigenvalue weighted by atomic mass is 17.5. The number of carboxylic acid groups (broad SMARTS) is 1. The van der Waals surface area contributed by atoms with E-state index in [1.807, 2.05) is 0 Å². The van der Waals surface area contributed by atoms with E-state index in [0.29, 0.717) is 0 Å². The molecule has 0 heterocycles. The number of hydrogen-bond acceptors (Lipinski definition) is 7. The third-order valence-electron chi connectivity index (χ3n) is 0.282. The SMILES string of the molecule is O=C(O)OOOC(=O)OO. The van der Waals surface area contributed by atoms with Crippen LogP contribution in [-0.4, -0.2) is 22.7 Å². The standard InChI is InChI=1S/C2H2O8/c3-1(4)8-10-9-2(5)7-6/h6H,(H,3,4). The molecule has 0 spiro atoms. The molecular weight excluding hydrogens is 152 g/mol. The average Bonchev–Trinajstić information content (AvgIpc) is 1.87. The molecule has 2 N–H and O–H groups in total. The van der Waals surface area contributed by atoms with Crippen LogP contribution in [0, 0.1) is 0 Å². The summed E-state index contributed by atoms with van der Waals surface area (Å²) in [5.41, 5.74) is 0. The summed E-state index contributed by atoms with van der Waals surface area (Å²) in [5, 5.41) is 18.3. The molecule has 0 fully saturated rings. The van der Waals surface area contributed by atoms with E-state index in [4.69, 9.17) is 10.4 Å². The monoisotopic (exact) mass is 154 g/mol. The lowest BCUT2D eigenvalue weighted by molar-refractivity contribution is -0.465. The number of carbonyl (C=O) groups is 2. The normalized spacial score (nSPS) is 8.10. The second-order valence-electron chi connectivity index (χ2n) is 0.842. The van der Waals surface area contributed by atoms with Crippen LogP contribution >= 0.6 is 0 Å². The van der Waals surface area contributed by atoms with Crippen molar-refractivity contribution >= 4 is 12.3 Å². The molecule has 58 valence electrons. The zero-order valence-electron chi connectivity index (χ0n) is 4.34. The Hall–Kier alpha value is -1.54. The van der Waals surface area contributed by atoms with Gasteiger partial charge < -0.3 is 5.11 Å². The molecule has 0 rings (SSSR count). The van der Waals surface area contributed by atoms with Gasteiger partial charge in [0.05, 0.1) is 5.04 Å². The summed E-state index contributed by atoms with van der Waals surface area (Å²) < 4.78 is 0. The molecule has 0 amide bonds. The Kier molecular flexibility index (Phi) is 3.68. The molecule has 0 aliphatic rings. The Morgan fingerprint density at radius 2 is 1.80 bits per heavy atom. The van der Waals surface area contributed by atoms with Crippen LogP contribution < -0.4 is 0 Å². The fourth-order valence-electron chi connectivity index (χ4n) is 0.0891. The highest BCUT2D eigenvalue weighted by molar-refractivity contribution is 5.58. The van der Waals surface area contributed by atoms with Gasteiger partial charge in [0, 0.05) is 0 Å². The van der Waals surface area contributed by atoms with E-state index in [-0.39, 0.29) is 0 Å². The van der Waals surface area contributed by atoms with E-state index in [1.165, 1.54) is 0 Å². The topological polar surface area (TPSA) is 112 Å². The van der Waals surface area contributed by atoms with Gasteiger partial charge in [0.25, 0.3) is 0 Å². The lowest BCUT2D eigenvalue weighted by Crippen LogP contribution is -2.08. The van der Waals surface area contributed by atoms with Gasteiger partial charge >= 0.3 is 12.3 Å². The molecule has 8 heteroatoms. The Morgan fingerprint density at radius 3 is 2.20 bits per heavy atom. The van der Waals surface area contributed by atoms with Gasteiger partial charge in [0.15, 0.2) is 0 Å². The fourth-order valence-corrected chi connectivity index (χ4v) is 0.0891. The first-order valence-electron chi connectivity index (χ1n) is 1.76. The van der Waals surface area contributed by atoms with Crippen molar-refractivity contribution < 1.29 is 39.7 Å². The minimum atomic E-state index is -1.81. The van der Waals surface area contributed by atoms with Crippen molar-refractivity contribution in [1.82, 2.24) is 0 Å². The van der Waals surface area contributed by atoms with Gasteiger partial charge in [-0.05, 0) is 0 Å². The van der Waals surface area contributed by atoms with E-state index >= 15 is 0 Å². The largest absolute Gasteiger partial charge is 0.575 e. The predicted octanol–water partition coefficient (Wildman–Crippen LogP) is 0.154. The molecular formula is C2H2O8. The molecule has 0 bridgehead atoms. The summed E-state index contributed by atoms with van der Waals surface area (Å²) in [7, 11) is 0. The Balaban J connectivity index is 3.20. The summed E-state index contributed by atoms with van der Waals surface area (Å²) >= 11 is 0. The van der Waals surface area contributed by atoms with Crippen LogP contribution in [0.4, 0.5) is 9.59 Å². The van der Waals surface area contributed by atoms with Crippen LogP contribution in [-0.2, 0) is 19.7 Å². The van der Waals surface area contributed by atoms with Crippen LogP contribution in [0.2, 0.25) is 0 Å². The van der Waals surface area contributed by atoms with Crippen molar-refractivity contribution in [2.24, 2.45) is 0 Å². The van der Waals surface area contributed by atoms with E-state index in [2.05, 4.69) is 19.7 Å². The Morgan fingerprint density at radius 1 is 1.20 bits per heavy atom. The summed E-state index contributed by atoms with van der Waals surface area (Å²) in [6.07, 6.45) is -3.47. The van der Waals surface area contributed by atoms with Gasteiger partial charge in [-0.3, -0.25) is 4.89 Å². The summed E-state index contributed by atoms with van der Waals surface area (Å²) in [5.74, 6) is 0. The molecule has 8 nitrogen and oxygen atoms in total. The number of rotatable bonds is 2. The van der Waals surface area contributed by atoms with Crippen LogP contribution in [0.1, 0.15) is 0 Å². The predicted molar refractivity (Wildman–Crippen MR) is 20.4 cm³/mol. The van der Waals surface area contributed by atoms with Crippen molar-refractivity contribution in [3.63, 3.8) is 0 Å². The van der Waals surface area contributed by atoms with Crippen molar-refractivity contribution in [1.29, 1.82) is 0 Å². The maximum Gasteiger partial charge on any atom is 0.575 e. The molecule has 0 saturated heterocycles. The molecule has 0 aromatic rings. The molecule has 0 aromatic heterocycles. The molecule has 10 heavy (non-hydrogen) atoms. The molecule has 0 saturated carbocycles. The summed E-state index contributed by atoms with van der Waals surface area (Å²) in [6, 6.07) is 0. The van der Waals surface area contributed by atoms with Gasteiger partial charge in [0.2, 0.25) is 0 Å². The molecule has 0 aromatic carbocycles. The van der Waals surface area contributed by atoms with Gasteiger partial charge in [0.1, 0.15) is 0 Å². The van der Waals surface area contributed by atoms with Gasteiger partial charge in [-0.15, -0.1) is 0 Å². The van der Waals surface area contributed by atoms with Gasteiger partial charge in [-0.1, -0.05) is 0 Å². The van der Waals surface area contributed by atoms with Crippen LogP contribution in [0.25, 0.3) is 0 Å². The fraction of sp³-hybridized carbons (Fsp3) is 0. The number of carbonyl (C=O) groups excluding carboxylic acids is 1. The molecule has 0 aliphatic carbocycles. The third kappa shape index (κ3) is 4.61. The summed E-state index contributed by atoms with van der Waals surface area (Å²) in [6.45, 7) is 0. The van der Waals surface area contributed by atoms with E-state index in [0.717, 1.165) is 0 Å². The van der Waals surface area contributed by atoms with E-state index in [1.54, 1.807) is 0 Å². The van der Waals surface area contributed by atoms with Crippen molar-refractivity contribution in [3.05, 3.63) is 0 Å². The highest BCUT2D eigenvalue weighted by Gasteiger charge is 2.06. The highest BCUT2D eigenvalue weighted by Crippen LogP contribution is 1.85. The van der Waals surface area contributed by atoms with Crippen molar-refractivity contribution in [2.45, 2.75) is 0 Å². The van der Waals surface area contributed by atoms with Gasteiger partial charge in [-0.2, -0.15) is 10.1 Å². The third-order valence-corrected chi connectivity index (χ3v) is 0.282. The van der Waals surface area contributed by atoms with Crippen molar-refractivity contribution in [2.75, 3.05) is 0 Å². The first-order chi connectivity index (χ1) is 4.66. The minimum absolute atomic E-state index is 1.65. The first kappa shape index (κ1) is 8.46.